The molecule has 1 aromatic heterocycles. The average Bonchev–Trinajstić information content (AvgIpc) is 2.22. The van der Waals surface area contributed by atoms with E-state index >= 15 is 0 Å². The van der Waals surface area contributed by atoms with Crippen LogP contribution >= 0.6 is 11.6 Å². The molecule has 84 valence electrons. The zero-order chi connectivity index (χ0) is 11.1. The topological polar surface area (TPSA) is 24.9 Å². The predicted octanol–water partition coefficient (Wildman–Crippen LogP) is 4.12. The maximum atomic E-state index is 6.00. The zero-order valence-electron chi connectivity index (χ0n) is 9.46. The Morgan fingerprint density at radius 3 is 2.53 bits per heavy atom. The largest absolute Gasteiger partial charge is 0.380 e. The Kier molecular flexibility index (Phi) is 5.48. The molecule has 0 aromatic carbocycles. The second-order valence-corrected chi connectivity index (χ2v) is 4.12. The predicted molar refractivity (Wildman–Crippen MR) is 66.5 cm³/mol. The summed E-state index contributed by atoms with van der Waals surface area (Å²) >= 11 is 6.00. The van der Waals surface area contributed by atoms with Crippen LogP contribution in [0.4, 0.5) is 5.69 Å². The maximum Gasteiger partial charge on any atom is 0.152 e. The number of halogens is 1. The number of nitrogens with zero attached hydrogens (tertiary/aromatic N) is 1. The molecule has 0 aliphatic carbocycles. The molecule has 0 aliphatic rings. The third-order valence-corrected chi connectivity index (χ3v) is 2.69. The molecule has 1 N–H and O–H groups in total. The summed E-state index contributed by atoms with van der Waals surface area (Å²) in [6.45, 7) is 4.41. The van der Waals surface area contributed by atoms with Crippen LogP contribution in [-0.4, -0.2) is 11.0 Å². The summed E-state index contributed by atoms with van der Waals surface area (Å²) in [4.78, 5) is 4.06. The minimum atomic E-state index is 0.515. The van der Waals surface area contributed by atoms with Gasteiger partial charge in [0.05, 0.1) is 5.69 Å². The lowest BCUT2D eigenvalue weighted by Crippen LogP contribution is -2.19. The smallest absolute Gasteiger partial charge is 0.152 e. The Hall–Kier alpha value is -0.760. The first-order chi connectivity index (χ1) is 7.27. The van der Waals surface area contributed by atoms with E-state index in [1.54, 1.807) is 6.20 Å². The monoisotopic (exact) mass is 226 g/mol. The van der Waals surface area contributed by atoms with E-state index in [4.69, 9.17) is 11.6 Å². The van der Waals surface area contributed by atoms with E-state index in [1.807, 2.05) is 12.1 Å². The van der Waals surface area contributed by atoms with Crippen molar-refractivity contribution in [2.24, 2.45) is 0 Å². The number of hydrogen-bond acceptors (Lipinski definition) is 2. The molecule has 0 fully saturated rings. The van der Waals surface area contributed by atoms with Crippen LogP contribution in [0.25, 0.3) is 0 Å². The van der Waals surface area contributed by atoms with Gasteiger partial charge in [-0.05, 0) is 25.0 Å². The second-order valence-electron chi connectivity index (χ2n) is 3.76. The molecule has 0 radical (unpaired) electrons. The van der Waals surface area contributed by atoms with Crippen LogP contribution in [0.3, 0.4) is 0 Å². The molecule has 15 heavy (non-hydrogen) atoms. The number of anilines is 1. The second kappa shape index (κ2) is 6.67. The van der Waals surface area contributed by atoms with E-state index in [9.17, 15) is 0 Å². The summed E-state index contributed by atoms with van der Waals surface area (Å²) in [5.41, 5.74) is 0.950. The quantitative estimate of drug-likeness (QED) is 0.739. The first-order valence-corrected chi connectivity index (χ1v) is 6.02. The van der Waals surface area contributed by atoms with Gasteiger partial charge >= 0.3 is 0 Å². The molecular formula is C12H19ClN2. The first kappa shape index (κ1) is 12.3. The SMILES string of the molecule is CCCC(CCC)Nc1cccnc1Cl. The lowest BCUT2D eigenvalue weighted by molar-refractivity contribution is 0.586. The van der Waals surface area contributed by atoms with E-state index in [1.165, 1.54) is 25.7 Å². The van der Waals surface area contributed by atoms with Crippen molar-refractivity contribution in [2.75, 3.05) is 5.32 Å². The Bertz CT molecular complexity index is 283. The number of hydrogen-bond donors (Lipinski definition) is 1. The minimum absolute atomic E-state index is 0.515. The summed E-state index contributed by atoms with van der Waals surface area (Å²) in [7, 11) is 0. The molecular weight excluding hydrogens is 208 g/mol. The lowest BCUT2D eigenvalue weighted by atomic mass is 10.1. The Balaban J connectivity index is 2.60. The Morgan fingerprint density at radius 2 is 2.00 bits per heavy atom. The molecule has 0 saturated heterocycles. The van der Waals surface area contributed by atoms with E-state index in [2.05, 4.69) is 24.1 Å². The molecule has 0 spiro atoms. The highest BCUT2D eigenvalue weighted by atomic mass is 35.5. The van der Waals surface area contributed by atoms with Crippen LogP contribution in [0.2, 0.25) is 5.15 Å². The van der Waals surface area contributed by atoms with Gasteiger partial charge in [-0.15, -0.1) is 0 Å². The van der Waals surface area contributed by atoms with Gasteiger partial charge in [0.15, 0.2) is 5.15 Å². The van der Waals surface area contributed by atoms with Crippen molar-refractivity contribution >= 4 is 17.3 Å². The highest BCUT2D eigenvalue weighted by molar-refractivity contribution is 6.31. The number of aromatic nitrogens is 1. The van der Waals surface area contributed by atoms with Gasteiger partial charge in [-0.25, -0.2) is 4.98 Å². The summed E-state index contributed by atoms with van der Waals surface area (Å²) in [6.07, 6.45) is 6.45. The van der Waals surface area contributed by atoms with E-state index in [-0.39, 0.29) is 0 Å². The van der Waals surface area contributed by atoms with Crippen molar-refractivity contribution in [1.29, 1.82) is 0 Å². The van der Waals surface area contributed by atoms with Gasteiger partial charge in [-0.3, -0.25) is 0 Å². The highest BCUT2D eigenvalue weighted by Crippen LogP contribution is 2.20. The molecule has 0 unspecified atom stereocenters. The molecule has 1 heterocycles. The van der Waals surface area contributed by atoms with Crippen LogP contribution in [0.15, 0.2) is 18.3 Å². The molecule has 0 saturated carbocycles. The van der Waals surface area contributed by atoms with Gasteiger partial charge in [0.1, 0.15) is 0 Å². The van der Waals surface area contributed by atoms with Crippen molar-refractivity contribution < 1.29 is 0 Å². The third kappa shape index (κ3) is 4.08. The van der Waals surface area contributed by atoms with Gasteiger partial charge < -0.3 is 5.32 Å². The van der Waals surface area contributed by atoms with Gasteiger partial charge in [0, 0.05) is 12.2 Å². The third-order valence-electron chi connectivity index (χ3n) is 2.39. The summed E-state index contributed by atoms with van der Waals surface area (Å²) < 4.78 is 0. The first-order valence-electron chi connectivity index (χ1n) is 5.65. The number of pyridine rings is 1. The minimum Gasteiger partial charge on any atom is -0.380 e. The van der Waals surface area contributed by atoms with Gasteiger partial charge in [0.2, 0.25) is 0 Å². The van der Waals surface area contributed by atoms with Gasteiger partial charge in [0.25, 0.3) is 0 Å². The summed E-state index contributed by atoms with van der Waals surface area (Å²) in [6, 6.07) is 4.40. The number of nitrogens with one attached hydrogen (secondary N) is 1. The standard InChI is InChI=1S/C12H19ClN2/c1-3-6-10(7-4-2)15-11-8-5-9-14-12(11)13/h5,8-10,15H,3-4,6-7H2,1-2H3. The van der Waals surface area contributed by atoms with Crippen molar-refractivity contribution in [3.05, 3.63) is 23.5 Å². The Morgan fingerprint density at radius 1 is 1.33 bits per heavy atom. The van der Waals surface area contributed by atoms with E-state index < -0.39 is 0 Å². The van der Waals surface area contributed by atoms with Crippen LogP contribution in [0.5, 0.6) is 0 Å². The Labute approximate surface area is 97.1 Å². The molecule has 0 aliphatic heterocycles. The van der Waals surface area contributed by atoms with E-state index in [0.29, 0.717) is 11.2 Å². The average molecular weight is 227 g/mol. The van der Waals surface area contributed by atoms with Crippen molar-refractivity contribution in [2.45, 2.75) is 45.6 Å². The number of rotatable bonds is 6. The summed E-state index contributed by atoms with van der Waals surface area (Å²) in [5, 5.41) is 4.02. The van der Waals surface area contributed by atoms with Crippen molar-refractivity contribution in [3.63, 3.8) is 0 Å². The van der Waals surface area contributed by atoms with Gasteiger partial charge in [-0.2, -0.15) is 0 Å². The van der Waals surface area contributed by atoms with Crippen LogP contribution < -0.4 is 5.32 Å². The van der Waals surface area contributed by atoms with E-state index in [0.717, 1.165) is 5.69 Å². The van der Waals surface area contributed by atoms with Gasteiger partial charge in [-0.1, -0.05) is 38.3 Å². The lowest BCUT2D eigenvalue weighted by Gasteiger charge is -2.18. The fourth-order valence-electron chi connectivity index (χ4n) is 1.70. The molecule has 2 nitrogen and oxygen atoms in total. The molecule has 1 aromatic rings. The maximum absolute atomic E-state index is 6.00. The molecule has 0 amide bonds. The summed E-state index contributed by atoms with van der Waals surface area (Å²) in [5.74, 6) is 0. The normalized spacial score (nSPS) is 10.7. The highest BCUT2D eigenvalue weighted by Gasteiger charge is 2.08. The van der Waals surface area contributed by atoms with Crippen LogP contribution in [0.1, 0.15) is 39.5 Å². The molecule has 0 bridgehead atoms. The van der Waals surface area contributed by atoms with Crippen LogP contribution in [0, 0.1) is 0 Å². The van der Waals surface area contributed by atoms with Crippen molar-refractivity contribution in [3.8, 4) is 0 Å². The molecule has 0 atom stereocenters. The molecule has 1 rings (SSSR count). The van der Waals surface area contributed by atoms with Crippen LogP contribution in [-0.2, 0) is 0 Å². The van der Waals surface area contributed by atoms with Crippen molar-refractivity contribution in [1.82, 2.24) is 4.98 Å². The fraction of sp³-hybridized carbons (Fsp3) is 0.583. The zero-order valence-corrected chi connectivity index (χ0v) is 10.2. The molecule has 3 heteroatoms. The fourth-order valence-corrected chi connectivity index (χ4v) is 1.87.